The zero-order chi connectivity index (χ0) is 16.7. The molecule has 0 unspecified atom stereocenters. The number of esters is 1. The Hall–Kier alpha value is -3.09. The van der Waals surface area contributed by atoms with Gasteiger partial charge in [0.05, 0.1) is 19.9 Å². The predicted octanol–water partition coefficient (Wildman–Crippen LogP) is 1.74. The Morgan fingerprint density at radius 3 is 2.52 bits per heavy atom. The second-order valence-electron chi connectivity index (χ2n) is 4.53. The van der Waals surface area contributed by atoms with E-state index in [9.17, 15) is 9.59 Å². The Bertz CT molecular complexity index is 689. The van der Waals surface area contributed by atoms with Gasteiger partial charge in [-0.2, -0.15) is 0 Å². The lowest BCUT2D eigenvalue weighted by atomic mass is 10.1. The van der Waals surface area contributed by atoms with E-state index in [4.69, 9.17) is 4.74 Å². The number of carbonyl (C=O) groups excluding carboxylic acids is 2. The summed E-state index contributed by atoms with van der Waals surface area (Å²) < 4.78 is 9.78. The number of aromatic nitrogens is 1. The minimum atomic E-state index is -0.513. The summed E-state index contributed by atoms with van der Waals surface area (Å²) in [7, 11) is 2.78. The van der Waals surface area contributed by atoms with Crippen LogP contribution in [0, 0.1) is 0 Å². The minimum absolute atomic E-state index is 0.186. The van der Waals surface area contributed by atoms with E-state index in [0.29, 0.717) is 17.0 Å². The van der Waals surface area contributed by atoms with E-state index in [1.165, 1.54) is 14.2 Å². The van der Waals surface area contributed by atoms with Gasteiger partial charge in [-0.05, 0) is 30.3 Å². The van der Waals surface area contributed by atoms with Gasteiger partial charge in [0.15, 0.2) is 0 Å². The van der Waals surface area contributed by atoms with E-state index in [-0.39, 0.29) is 12.5 Å². The molecule has 2 rings (SSSR count). The molecule has 7 heteroatoms. The van der Waals surface area contributed by atoms with Crippen molar-refractivity contribution in [1.29, 1.82) is 0 Å². The maximum absolute atomic E-state index is 12.0. The van der Waals surface area contributed by atoms with Crippen molar-refractivity contribution in [1.82, 2.24) is 10.3 Å². The van der Waals surface area contributed by atoms with E-state index >= 15 is 0 Å². The number of hydrogen-bond acceptors (Lipinski definition) is 6. The van der Waals surface area contributed by atoms with Gasteiger partial charge in [-0.15, -0.1) is 0 Å². The largest absolute Gasteiger partial charge is 0.495 e. The molecule has 0 aliphatic rings. The molecule has 0 saturated carbocycles. The van der Waals surface area contributed by atoms with Crippen molar-refractivity contribution < 1.29 is 19.1 Å². The second-order valence-corrected chi connectivity index (χ2v) is 4.53. The lowest BCUT2D eigenvalue weighted by Crippen LogP contribution is -2.30. The topological polar surface area (TPSA) is 89.5 Å². The fraction of sp³-hybridized carbons (Fsp3) is 0.188. The number of carbonyl (C=O) groups is 2. The van der Waals surface area contributed by atoms with Gasteiger partial charge in [-0.25, -0.2) is 0 Å². The zero-order valence-corrected chi connectivity index (χ0v) is 12.8. The first-order valence-corrected chi connectivity index (χ1v) is 6.84. The van der Waals surface area contributed by atoms with Crippen molar-refractivity contribution in [3.05, 3.63) is 48.3 Å². The number of hydrogen-bond donors (Lipinski definition) is 2. The van der Waals surface area contributed by atoms with Crippen molar-refractivity contribution in [3.8, 4) is 5.75 Å². The molecule has 1 aromatic carbocycles. The predicted molar refractivity (Wildman–Crippen MR) is 84.9 cm³/mol. The van der Waals surface area contributed by atoms with Gasteiger partial charge >= 0.3 is 5.97 Å². The van der Waals surface area contributed by atoms with E-state index in [1.54, 1.807) is 30.6 Å². The summed E-state index contributed by atoms with van der Waals surface area (Å²) in [5, 5.41) is 5.65. The van der Waals surface area contributed by atoms with Crippen molar-refractivity contribution in [2.45, 2.75) is 0 Å². The van der Waals surface area contributed by atoms with Crippen LogP contribution >= 0.6 is 0 Å². The molecule has 1 amide bonds. The van der Waals surface area contributed by atoms with Gasteiger partial charge in [0, 0.05) is 23.6 Å². The molecule has 0 aliphatic carbocycles. The van der Waals surface area contributed by atoms with E-state index < -0.39 is 5.97 Å². The molecular formula is C16H17N3O4. The van der Waals surface area contributed by atoms with Crippen molar-refractivity contribution in [3.63, 3.8) is 0 Å². The van der Waals surface area contributed by atoms with Gasteiger partial charge in [0.2, 0.25) is 0 Å². The van der Waals surface area contributed by atoms with Crippen LogP contribution in [0.2, 0.25) is 0 Å². The first kappa shape index (κ1) is 16.3. The molecule has 1 heterocycles. The van der Waals surface area contributed by atoms with Crippen LogP contribution in [0.5, 0.6) is 5.75 Å². The number of benzene rings is 1. The number of pyridine rings is 1. The molecule has 2 N–H and O–H groups in total. The molecule has 7 nitrogen and oxygen atoms in total. The molecule has 0 bridgehead atoms. The highest BCUT2D eigenvalue weighted by Gasteiger charge is 2.12. The second kappa shape index (κ2) is 7.79. The normalized spacial score (nSPS) is 9.83. The lowest BCUT2D eigenvalue weighted by molar-refractivity contribution is -0.139. The minimum Gasteiger partial charge on any atom is -0.495 e. The van der Waals surface area contributed by atoms with Crippen molar-refractivity contribution in [2.24, 2.45) is 0 Å². The van der Waals surface area contributed by atoms with Gasteiger partial charge in [0.25, 0.3) is 5.91 Å². The van der Waals surface area contributed by atoms with Crippen LogP contribution in [0.3, 0.4) is 0 Å². The summed E-state index contributed by atoms with van der Waals surface area (Å²) in [6.45, 7) is -0.186. The summed E-state index contributed by atoms with van der Waals surface area (Å²) in [6.07, 6.45) is 3.34. The van der Waals surface area contributed by atoms with Crippen LogP contribution in [0.4, 0.5) is 11.4 Å². The molecular weight excluding hydrogens is 298 g/mol. The monoisotopic (exact) mass is 315 g/mol. The van der Waals surface area contributed by atoms with Crippen LogP contribution in [0.25, 0.3) is 0 Å². The van der Waals surface area contributed by atoms with Gasteiger partial charge in [0.1, 0.15) is 12.3 Å². The number of anilines is 2. The number of methoxy groups -OCH3 is 2. The van der Waals surface area contributed by atoms with Gasteiger partial charge < -0.3 is 20.1 Å². The Labute approximate surface area is 133 Å². The highest BCUT2D eigenvalue weighted by Crippen LogP contribution is 2.28. The first-order valence-electron chi connectivity index (χ1n) is 6.84. The van der Waals surface area contributed by atoms with Crippen LogP contribution in [0.1, 0.15) is 10.4 Å². The molecule has 2 aromatic rings. The highest BCUT2D eigenvalue weighted by atomic mass is 16.5. The Kier molecular flexibility index (Phi) is 5.51. The van der Waals surface area contributed by atoms with Crippen LogP contribution < -0.4 is 15.4 Å². The average Bonchev–Trinajstić information content (AvgIpc) is 2.60. The molecule has 0 saturated heterocycles. The quantitative estimate of drug-likeness (QED) is 0.789. The maximum Gasteiger partial charge on any atom is 0.325 e. The Morgan fingerprint density at radius 2 is 1.87 bits per heavy atom. The number of amides is 1. The standard InChI is InChI=1S/C16H17N3O4/c1-22-14-9-11(16(21)18-10-15(20)23-2)3-4-13(14)19-12-5-7-17-8-6-12/h3-9H,10H2,1-2H3,(H,17,19)(H,18,21). The highest BCUT2D eigenvalue weighted by molar-refractivity contribution is 5.97. The Balaban J connectivity index is 2.12. The van der Waals surface area contributed by atoms with E-state index in [2.05, 4.69) is 20.4 Å². The van der Waals surface area contributed by atoms with Gasteiger partial charge in [-0.3, -0.25) is 14.6 Å². The molecule has 0 aliphatic heterocycles. The lowest BCUT2D eigenvalue weighted by Gasteiger charge is -2.12. The van der Waals surface area contributed by atoms with Crippen molar-refractivity contribution in [2.75, 3.05) is 26.1 Å². The molecule has 120 valence electrons. The number of nitrogens with zero attached hydrogens (tertiary/aromatic N) is 1. The number of rotatable bonds is 6. The first-order chi connectivity index (χ1) is 11.1. The number of nitrogens with one attached hydrogen (secondary N) is 2. The maximum atomic E-state index is 12.0. The average molecular weight is 315 g/mol. The summed E-state index contributed by atoms with van der Waals surface area (Å²) in [5.74, 6) is -0.391. The smallest absolute Gasteiger partial charge is 0.325 e. The third-order valence-electron chi connectivity index (χ3n) is 3.04. The summed E-state index contributed by atoms with van der Waals surface area (Å²) in [4.78, 5) is 27.0. The van der Waals surface area contributed by atoms with Crippen LogP contribution in [-0.4, -0.2) is 37.6 Å². The molecule has 23 heavy (non-hydrogen) atoms. The summed E-state index contributed by atoms with van der Waals surface area (Å²) in [5.41, 5.74) is 1.94. The fourth-order valence-corrected chi connectivity index (χ4v) is 1.85. The fourth-order valence-electron chi connectivity index (χ4n) is 1.85. The third kappa shape index (κ3) is 4.44. The summed E-state index contributed by atoms with van der Waals surface area (Å²) in [6, 6.07) is 8.59. The SMILES string of the molecule is COC(=O)CNC(=O)c1ccc(Nc2ccncc2)c(OC)c1. The zero-order valence-electron chi connectivity index (χ0n) is 12.8. The van der Waals surface area contributed by atoms with E-state index in [1.807, 2.05) is 12.1 Å². The molecule has 1 aromatic heterocycles. The summed E-state index contributed by atoms with van der Waals surface area (Å²) >= 11 is 0. The van der Waals surface area contributed by atoms with Crippen LogP contribution in [-0.2, 0) is 9.53 Å². The van der Waals surface area contributed by atoms with Gasteiger partial charge in [-0.1, -0.05) is 0 Å². The molecule has 0 atom stereocenters. The van der Waals surface area contributed by atoms with Crippen LogP contribution in [0.15, 0.2) is 42.7 Å². The Morgan fingerprint density at radius 1 is 1.13 bits per heavy atom. The van der Waals surface area contributed by atoms with Crippen molar-refractivity contribution >= 4 is 23.3 Å². The third-order valence-corrected chi connectivity index (χ3v) is 3.04. The number of ether oxygens (including phenoxy) is 2. The molecule has 0 radical (unpaired) electrons. The molecule has 0 fully saturated rings. The van der Waals surface area contributed by atoms with E-state index in [0.717, 1.165) is 5.69 Å². The molecule has 0 spiro atoms.